The molecule has 8 nitrogen and oxygen atoms in total. The zero-order valence-corrected chi connectivity index (χ0v) is 25.8. The van der Waals surface area contributed by atoms with Crippen LogP contribution in [0.15, 0.2) is 23.8 Å². The second-order valence-electron chi connectivity index (χ2n) is 15.0. The van der Waals surface area contributed by atoms with Crippen LogP contribution in [-0.2, 0) is 28.7 Å². The highest BCUT2D eigenvalue weighted by molar-refractivity contribution is 5.99. The first-order valence-electron chi connectivity index (χ1n) is 15.2. The summed E-state index contributed by atoms with van der Waals surface area (Å²) in [7, 11) is 0. The maximum absolute atomic E-state index is 14.3. The lowest BCUT2D eigenvalue weighted by Crippen LogP contribution is -2.78. The Bertz CT molecular complexity index is 1260. The number of aliphatic hydroxyl groups is 1. The van der Waals surface area contributed by atoms with E-state index in [-0.39, 0.29) is 41.6 Å². The van der Waals surface area contributed by atoms with Gasteiger partial charge in [-0.05, 0) is 84.3 Å². The van der Waals surface area contributed by atoms with Crippen LogP contribution >= 0.6 is 0 Å². The lowest BCUT2D eigenvalue weighted by molar-refractivity contribution is -0.345. The summed E-state index contributed by atoms with van der Waals surface area (Å²) < 4.78 is 12.2. The maximum Gasteiger partial charge on any atom is 0.306 e. The number of fused-ring (bicyclic) bond motifs is 4. The number of hydrogen-bond acceptors (Lipinski definition) is 8. The van der Waals surface area contributed by atoms with Crippen LogP contribution in [0.25, 0.3) is 0 Å². The van der Waals surface area contributed by atoms with Gasteiger partial charge in [0.15, 0.2) is 11.6 Å². The fourth-order valence-electron chi connectivity index (χ4n) is 9.75. The molecule has 0 aromatic rings. The Hall–Kier alpha value is -2.16. The number of carbonyl (C=O) groups excluding carboxylic acids is 4. The summed E-state index contributed by atoms with van der Waals surface area (Å²) in [4.78, 5) is 53.0. The summed E-state index contributed by atoms with van der Waals surface area (Å²) >= 11 is 0. The van der Waals surface area contributed by atoms with Gasteiger partial charge in [0.25, 0.3) is 0 Å². The second-order valence-corrected chi connectivity index (χ2v) is 15.0. The predicted molar refractivity (Wildman–Crippen MR) is 152 cm³/mol. The first-order chi connectivity index (χ1) is 18.8. The van der Waals surface area contributed by atoms with E-state index in [1.165, 1.54) is 6.08 Å². The van der Waals surface area contributed by atoms with E-state index in [2.05, 4.69) is 13.0 Å². The molecule has 4 aliphatic carbocycles. The number of esters is 1. The molecule has 41 heavy (non-hydrogen) atoms. The highest BCUT2D eigenvalue weighted by Crippen LogP contribution is 2.76. The number of ether oxygens (including phenoxy) is 2. The molecule has 0 aromatic heterocycles. The molecule has 226 valence electrons. The topological polar surface area (TPSA) is 133 Å². The molecule has 0 bridgehead atoms. The fraction of sp³-hybridized carbons (Fsp3) is 0.758. The van der Waals surface area contributed by atoms with Crippen LogP contribution < -0.4 is 5.73 Å². The Labute approximate surface area is 243 Å². The third-order valence-electron chi connectivity index (χ3n) is 11.8. The van der Waals surface area contributed by atoms with Crippen LogP contribution in [0.4, 0.5) is 0 Å². The third-order valence-corrected chi connectivity index (χ3v) is 11.8. The van der Waals surface area contributed by atoms with E-state index in [9.17, 15) is 24.3 Å². The molecule has 0 unspecified atom stereocenters. The van der Waals surface area contributed by atoms with Crippen LogP contribution in [0.2, 0.25) is 0 Å². The molecule has 1 heterocycles. The van der Waals surface area contributed by atoms with Crippen molar-refractivity contribution in [1.29, 1.82) is 0 Å². The van der Waals surface area contributed by atoms with Crippen LogP contribution in [0.3, 0.4) is 0 Å². The number of allylic oxidation sites excluding steroid dienone is 2. The fourth-order valence-corrected chi connectivity index (χ4v) is 9.75. The molecule has 3 saturated carbocycles. The molecule has 5 aliphatic rings. The van der Waals surface area contributed by atoms with Crippen molar-refractivity contribution in [3.63, 3.8) is 0 Å². The van der Waals surface area contributed by atoms with E-state index >= 15 is 0 Å². The summed E-state index contributed by atoms with van der Waals surface area (Å²) in [5.41, 5.74) is 2.08. The van der Waals surface area contributed by atoms with Gasteiger partial charge in [0.2, 0.25) is 0 Å². The number of carbonyl (C=O) groups is 4. The standard InChI is InChI=1S/C33H47NO7/c1-9-10-25(38)40-28(2,3)14-13-23(36)32(8)26-21(35)16-30(6)22-12-11-18-19(15-20(34)27(39)29(18,4)5)31(22,7)24(37)17-33(26,30)41-32/h11,13-14,19-22,26,35H,9-10,12,15-17,34H2,1-8H3/b14-13+/t19-,20+,21-,22+,26-,30+,31+,32+,33+/m1/s1. The second kappa shape index (κ2) is 9.17. The zero-order valence-electron chi connectivity index (χ0n) is 25.8. The number of nitrogens with two attached hydrogens (primary N) is 1. The predicted octanol–water partition coefficient (Wildman–Crippen LogP) is 4.02. The van der Waals surface area contributed by atoms with Gasteiger partial charge < -0.3 is 20.3 Å². The van der Waals surface area contributed by atoms with Crippen molar-refractivity contribution in [3.8, 4) is 0 Å². The molecule has 0 radical (unpaired) electrons. The summed E-state index contributed by atoms with van der Waals surface area (Å²) in [6.07, 6.45) is 6.81. The van der Waals surface area contributed by atoms with Crippen molar-refractivity contribution < 1.29 is 33.8 Å². The highest BCUT2D eigenvalue weighted by Gasteiger charge is 2.83. The van der Waals surface area contributed by atoms with Crippen LogP contribution in [-0.4, -0.2) is 57.4 Å². The van der Waals surface area contributed by atoms with Crippen LogP contribution in [0.5, 0.6) is 0 Å². The minimum atomic E-state index is -1.30. The molecule has 3 N–H and O–H groups in total. The number of aliphatic hydroxyl groups excluding tert-OH is 1. The lowest BCUT2D eigenvalue weighted by atomic mass is 9.39. The number of ketones is 3. The highest BCUT2D eigenvalue weighted by atomic mass is 16.6. The van der Waals surface area contributed by atoms with Gasteiger partial charge in [-0.25, -0.2) is 0 Å². The summed E-state index contributed by atoms with van der Waals surface area (Å²) in [5, 5.41) is 11.5. The quantitative estimate of drug-likeness (QED) is 0.278. The Morgan fingerprint density at radius 1 is 1.20 bits per heavy atom. The number of hydrogen-bond donors (Lipinski definition) is 2. The van der Waals surface area contributed by atoms with E-state index in [0.717, 1.165) is 5.57 Å². The Balaban J connectivity index is 1.46. The molecule has 1 spiro atoms. The first kappa shape index (κ1) is 30.3. The van der Waals surface area contributed by atoms with Gasteiger partial charge >= 0.3 is 5.97 Å². The van der Waals surface area contributed by atoms with Gasteiger partial charge in [0, 0.05) is 29.1 Å². The number of rotatable bonds is 6. The third kappa shape index (κ3) is 3.89. The van der Waals surface area contributed by atoms with Gasteiger partial charge in [0.05, 0.1) is 23.7 Å². The lowest BCUT2D eigenvalue weighted by Gasteiger charge is -2.70. The minimum Gasteiger partial charge on any atom is -0.455 e. The molecule has 1 saturated heterocycles. The van der Waals surface area contributed by atoms with Crippen LogP contribution in [0, 0.1) is 34.0 Å². The normalized spacial score (nSPS) is 44.7. The van der Waals surface area contributed by atoms with E-state index in [0.29, 0.717) is 32.1 Å². The SMILES string of the molecule is CCCC(=O)OC(C)(C)/C=C/C(=O)[C@]1(C)O[C@]23CC(=O)[C@@]4(C)[C@@H]5C[C@H](N)C(=O)C(C)(C)C5=CC[C@H]4[C@]2(C)C[C@@H](O)[C@H]13. The monoisotopic (exact) mass is 569 g/mol. The van der Waals surface area contributed by atoms with Crippen molar-refractivity contribution in [3.05, 3.63) is 23.8 Å². The van der Waals surface area contributed by atoms with Crippen molar-refractivity contribution in [2.45, 2.75) is 123 Å². The van der Waals surface area contributed by atoms with E-state index < -0.39 is 51.1 Å². The number of Topliss-reactive ketones (excluding diaryl/α,β-unsaturated/α-hetero) is 2. The van der Waals surface area contributed by atoms with E-state index in [4.69, 9.17) is 15.2 Å². The van der Waals surface area contributed by atoms with E-state index in [1.807, 2.05) is 27.7 Å². The van der Waals surface area contributed by atoms with Crippen LogP contribution in [0.1, 0.15) is 93.9 Å². The van der Waals surface area contributed by atoms with E-state index in [1.54, 1.807) is 26.8 Å². The molecular weight excluding hydrogens is 522 g/mol. The van der Waals surface area contributed by atoms with Gasteiger partial charge in [-0.15, -0.1) is 0 Å². The summed E-state index contributed by atoms with van der Waals surface area (Å²) in [5.74, 6) is -1.42. The molecule has 0 amide bonds. The van der Waals surface area contributed by atoms with Gasteiger partial charge in [-0.3, -0.25) is 19.2 Å². The van der Waals surface area contributed by atoms with Crippen molar-refractivity contribution in [2.75, 3.05) is 0 Å². The minimum absolute atomic E-state index is 0.0114. The Morgan fingerprint density at radius 2 is 1.85 bits per heavy atom. The molecule has 4 fully saturated rings. The maximum atomic E-state index is 14.3. The molecule has 8 heteroatoms. The van der Waals surface area contributed by atoms with Crippen molar-refractivity contribution in [2.24, 2.45) is 39.7 Å². The molecule has 0 aromatic carbocycles. The van der Waals surface area contributed by atoms with Gasteiger partial charge in [0.1, 0.15) is 17.0 Å². The molecule has 1 aliphatic heterocycles. The Morgan fingerprint density at radius 3 is 2.49 bits per heavy atom. The molecular formula is C33H47NO7. The van der Waals surface area contributed by atoms with Crippen molar-refractivity contribution in [1.82, 2.24) is 0 Å². The van der Waals surface area contributed by atoms with Gasteiger partial charge in [-0.2, -0.15) is 0 Å². The Kier molecular flexibility index (Phi) is 6.78. The average molecular weight is 570 g/mol. The van der Waals surface area contributed by atoms with Crippen molar-refractivity contribution >= 4 is 23.3 Å². The largest absolute Gasteiger partial charge is 0.455 e. The smallest absolute Gasteiger partial charge is 0.306 e. The zero-order chi connectivity index (χ0) is 30.6. The first-order valence-corrected chi connectivity index (χ1v) is 15.2. The molecule has 5 rings (SSSR count). The van der Waals surface area contributed by atoms with Gasteiger partial charge in [-0.1, -0.05) is 32.4 Å². The molecule has 9 atom stereocenters. The summed E-state index contributed by atoms with van der Waals surface area (Å²) in [6.45, 7) is 15.0. The average Bonchev–Trinajstić information content (AvgIpc) is 3.03. The summed E-state index contributed by atoms with van der Waals surface area (Å²) in [6, 6.07) is -0.626.